The Kier molecular flexibility index (Phi) is 4.97. The van der Waals surface area contributed by atoms with Crippen LogP contribution in [-0.4, -0.2) is 24.5 Å². The van der Waals surface area contributed by atoms with Gasteiger partial charge in [0.15, 0.2) is 0 Å². The maximum atomic E-state index is 12.0. The number of aryl methyl sites for hydroxylation is 2. The van der Waals surface area contributed by atoms with Crippen molar-refractivity contribution >= 4 is 5.91 Å². The van der Waals surface area contributed by atoms with Gasteiger partial charge in [0.25, 0.3) is 0 Å². The highest BCUT2D eigenvalue weighted by Crippen LogP contribution is 2.10. The van der Waals surface area contributed by atoms with E-state index in [0.29, 0.717) is 18.5 Å². The van der Waals surface area contributed by atoms with Crippen molar-refractivity contribution < 1.29 is 4.79 Å². The number of rotatable bonds is 4. The molecule has 0 spiro atoms. The van der Waals surface area contributed by atoms with Crippen LogP contribution in [0.3, 0.4) is 0 Å². The molecule has 0 aliphatic carbocycles. The van der Waals surface area contributed by atoms with Gasteiger partial charge in [-0.2, -0.15) is 0 Å². The zero-order chi connectivity index (χ0) is 13.7. The van der Waals surface area contributed by atoms with Crippen LogP contribution in [0.5, 0.6) is 0 Å². The van der Waals surface area contributed by atoms with Gasteiger partial charge >= 0.3 is 0 Å². The third-order valence-corrected chi connectivity index (χ3v) is 3.83. The predicted octanol–water partition coefficient (Wildman–Crippen LogP) is 2.18. The van der Waals surface area contributed by atoms with Gasteiger partial charge in [-0.25, -0.2) is 0 Å². The Balaban J connectivity index is 1.78. The molecule has 1 aromatic carbocycles. The van der Waals surface area contributed by atoms with E-state index in [2.05, 4.69) is 48.7 Å². The van der Waals surface area contributed by atoms with Crippen molar-refractivity contribution in [2.24, 2.45) is 0 Å². The first-order chi connectivity index (χ1) is 9.15. The molecule has 0 bridgehead atoms. The predicted molar refractivity (Wildman–Crippen MR) is 78.1 cm³/mol. The molecule has 0 radical (unpaired) electrons. The van der Waals surface area contributed by atoms with Crippen molar-refractivity contribution in [2.45, 2.75) is 51.6 Å². The molecular weight excluding hydrogens is 236 g/mol. The molecule has 1 aromatic rings. The molecule has 19 heavy (non-hydrogen) atoms. The first kappa shape index (κ1) is 14.1. The minimum Gasteiger partial charge on any atom is -0.352 e. The number of hydrogen-bond acceptors (Lipinski definition) is 2. The first-order valence-corrected chi connectivity index (χ1v) is 7.23. The molecule has 1 aliphatic rings. The van der Waals surface area contributed by atoms with Crippen LogP contribution in [0.25, 0.3) is 0 Å². The van der Waals surface area contributed by atoms with Crippen LogP contribution in [0.4, 0.5) is 0 Å². The third kappa shape index (κ3) is 4.35. The molecule has 2 N–H and O–H groups in total. The van der Waals surface area contributed by atoms with E-state index in [1.54, 1.807) is 0 Å². The number of carbonyl (C=O) groups excluding carboxylic acids is 1. The van der Waals surface area contributed by atoms with Gasteiger partial charge < -0.3 is 10.6 Å². The second kappa shape index (κ2) is 6.71. The second-order valence-electron chi connectivity index (χ2n) is 5.55. The Labute approximate surface area is 115 Å². The number of nitrogens with one attached hydrogen (secondary N) is 2. The fraction of sp³-hybridized carbons (Fsp3) is 0.562. The molecule has 3 heteroatoms. The molecule has 1 fully saturated rings. The molecule has 1 amide bonds. The second-order valence-corrected chi connectivity index (χ2v) is 5.55. The molecular formula is C16H24N2O. The Morgan fingerprint density at radius 1 is 1.47 bits per heavy atom. The quantitative estimate of drug-likeness (QED) is 0.871. The highest BCUT2D eigenvalue weighted by Gasteiger charge is 2.21. The number of amides is 1. The summed E-state index contributed by atoms with van der Waals surface area (Å²) in [5, 5.41) is 6.56. The Hall–Kier alpha value is -1.35. The molecule has 2 rings (SSSR count). The van der Waals surface area contributed by atoms with E-state index in [9.17, 15) is 4.79 Å². The van der Waals surface area contributed by atoms with Crippen LogP contribution in [0.1, 0.15) is 37.3 Å². The molecule has 2 atom stereocenters. The average molecular weight is 260 g/mol. The smallest absolute Gasteiger partial charge is 0.220 e. The van der Waals surface area contributed by atoms with E-state index in [-0.39, 0.29) is 5.91 Å². The van der Waals surface area contributed by atoms with Gasteiger partial charge in [-0.15, -0.1) is 0 Å². The van der Waals surface area contributed by atoms with Gasteiger partial charge in [0.1, 0.15) is 0 Å². The summed E-state index contributed by atoms with van der Waals surface area (Å²) in [6.45, 7) is 5.29. The highest BCUT2D eigenvalue weighted by molar-refractivity contribution is 5.76. The van der Waals surface area contributed by atoms with Crippen molar-refractivity contribution in [2.75, 3.05) is 6.54 Å². The molecule has 1 heterocycles. The molecule has 104 valence electrons. The van der Waals surface area contributed by atoms with Crippen molar-refractivity contribution in [3.05, 3.63) is 35.4 Å². The Morgan fingerprint density at radius 2 is 2.32 bits per heavy atom. The van der Waals surface area contributed by atoms with Crippen LogP contribution >= 0.6 is 0 Å². The lowest BCUT2D eigenvalue weighted by atomic mass is 9.99. The molecule has 1 aliphatic heterocycles. The summed E-state index contributed by atoms with van der Waals surface area (Å²) in [7, 11) is 0. The van der Waals surface area contributed by atoms with Crippen molar-refractivity contribution in [1.29, 1.82) is 0 Å². The van der Waals surface area contributed by atoms with Gasteiger partial charge in [-0.1, -0.05) is 29.8 Å². The number of benzene rings is 1. The zero-order valence-corrected chi connectivity index (χ0v) is 11.9. The van der Waals surface area contributed by atoms with E-state index < -0.39 is 0 Å². The van der Waals surface area contributed by atoms with Crippen molar-refractivity contribution in [3.8, 4) is 0 Å². The largest absolute Gasteiger partial charge is 0.352 e. The van der Waals surface area contributed by atoms with E-state index in [1.165, 1.54) is 11.1 Å². The Bertz CT molecular complexity index is 431. The standard InChI is InChI=1S/C16H24N2O/c1-12-5-3-6-14(11-12)8-9-16(19)18-15-7-4-10-17-13(15)2/h3,5-6,11,13,15,17H,4,7-10H2,1-2H3,(H,18,19). The lowest BCUT2D eigenvalue weighted by molar-refractivity contribution is -0.122. The SMILES string of the molecule is Cc1cccc(CCC(=O)NC2CCCNC2C)c1. The first-order valence-electron chi connectivity index (χ1n) is 7.23. The minimum absolute atomic E-state index is 0.169. The fourth-order valence-electron chi connectivity index (χ4n) is 2.65. The van der Waals surface area contributed by atoms with Gasteiger partial charge in [-0.05, 0) is 45.2 Å². The average Bonchev–Trinajstić information content (AvgIpc) is 2.39. The maximum absolute atomic E-state index is 12.0. The highest BCUT2D eigenvalue weighted by atomic mass is 16.1. The fourth-order valence-corrected chi connectivity index (χ4v) is 2.65. The number of carbonyl (C=O) groups is 1. The van der Waals surface area contributed by atoms with Gasteiger partial charge in [0, 0.05) is 18.5 Å². The summed E-state index contributed by atoms with van der Waals surface area (Å²) in [6.07, 6.45) is 3.63. The zero-order valence-electron chi connectivity index (χ0n) is 11.9. The number of piperidine rings is 1. The van der Waals surface area contributed by atoms with Crippen LogP contribution < -0.4 is 10.6 Å². The van der Waals surface area contributed by atoms with Crippen LogP contribution in [0.2, 0.25) is 0 Å². The molecule has 3 nitrogen and oxygen atoms in total. The van der Waals surface area contributed by atoms with Gasteiger partial charge in [0.2, 0.25) is 5.91 Å². The van der Waals surface area contributed by atoms with Crippen molar-refractivity contribution in [1.82, 2.24) is 10.6 Å². The number of hydrogen-bond donors (Lipinski definition) is 2. The van der Waals surface area contributed by atoms with E-state index >= 15 is 0 Å². The molecule has 0 aromatic heterocycles. The lowest BCUT2D eigenvalue weighted by Crippen LogP contribution is -2.51. The minimum atomic E-state index is 0.169. The van der Waals surface area contributed by atoms with Crippen LogP contribution in [-0.2, 0) is 11.2 Å². The summed E-state index contributed by atoms with van der Waals surface area (Å²) < 4.78 is 0. The van der Waals surface area contributed by atoms with E-state index in [1.807, 2.05) is 0 Å². The van der Waals surface area contributed by atoms with Crippen molar-refractivity contribution in [3.63, 3.8) is 0 Å². The summed E-state index contributed by atoms with van der Waals surface area (Å²) >= 11 is 0. The van der Waals surface area contributed by atoms with Crippen LogP contribution in [0, 0.1) is 6.92 Å². The van der Waals surface area contributed by atoms with Gasteiger partial charge in [-0.3, -0.25) is 4.79 Å². The third-order valence-electron chi connectivity index (χ3n) is 3.83. The summed E-state index contributed by atoms with van der Waals surface area (Å²) in [5.41, 5.74) is 2.49. The van der Waals surface area contributed by atoms with Crippen LogP contribution in [0.15, 0.2) is 24.3 Å². The molecule has 1 saturated heterocycles. The summed E-state index contributed by atoms with van der Waals surface area (Å²) in [5.74, 6) is 0.169. The molecule has 0 saturated carbocycles. The lowest BCUT2D eigenvalue weighted by Gasteiger charge is -2.30. The summed E-state index contributed by atoms with van der Waals surface area (Å²) in [6, 6.07) is 9.05. The van der Waals surface area contributed by atoms with E-state index in [4.69, 9.17) is 0 Å². The summed E-state index contributed by atoms with van der Waals surface area (Å²) in [4.78, 5) is 12.0. The monoisotopic (exact) mass is 260 g/mol. The van der Waals surface area contributed by atoms with Gasteiger partial charge in [0.05, 0.1) is 0 Å². The normalized spacial score (nSPS) is 23.1. The maximum Gasteiger partial charge on any atom is 0.220 e. The topological polar surface area (TPSA) is 41.1 Å². The van der Waals surface area contributed by atoms with E-state index in [0.717, 1.165) is 25.8 Å². The molecule has 2 unspecified atom stereocenters. The Morgan fingerprint density at radius 3 is 3.05 bits per heavy atom.